The average Bonchev–Trinajstić information content (AvgIpc) is 3.05. The van der Waals surface area contributed by atoms with Crippen LogP contribution in [0.2, 0.25) is 0 Å². The van der Waals surface area contributed by atoms with Gasteiger partial charge in [0.1, 0.15) is 0 Å². The van der Waals surface area contributed by atoms with Crippen molar-refractivity contribution in [2.24, 2.45) is 23.7 Å². The lowest BCUT2D eigenvalue weighted by Gasteiger charge is -2.34. The van der Waals surface area contributed by atoms with E-state index in [1.807, 2.05) is 34.6 Å². The van der Waals surface area contributed by atoms with Crippen molar-refractivity contribution < 1.29 is 38.6 Å². The Balaban J connectivity index is 0.968. The van der Waals surface area contributed by atoms with Crippen molar-refractivity contribution in [3.05, 3.63) is 0 Å². The zero-order valence-electron chi connectivity index (χ0n) is 30.7. The topological polar surface area (TPSA) is 95.8 Å². The predicted octanol–water partition coefficient (Wildman–Crippen LogP) is 7.94. The molecule has 0 spiro atoms. The maximum absolute atomic E-state index is 9.77. The number of hydrogen-bond acceptors (Lipinski definition) is 8. The third-order valence-electron chi connectivity index (χ3n) is 11.5. The predicted molar refractivity (Wildman–Crippen MR) is 185 cm³/mol. The van der Waals surface area contributed by atoms with Crippen molar-refractivity contribution in [3.63, 3.8) is 0 Å². The molecule has 0 aromatic rings. The first-order chi connectivity index (χ1) is 22.6. The summed E-state index contributed by atoms with van der Waals surface area (Å²) < 4.78 is 36.6. The van der Waals surface area contributed by atoms with Gasteiger partial charge in [0.05, 0.1) is 62.5 Å². The van der Waals surface area contributed by atoms with Crippen molar-refractivity contribution in [1.29, 1.82) is 0 Å². The molecule has 0 aromatic heterocycles. The van der Waals surface area contributed by atoms with Crippen molar-refractivity contribution in [1.82, 2.24) is 0 Å². The zero-order chi connectivity index (χ0) is 33.6. The lowest BCUT2D eigenvalue weighted by molar-refractivity contribution is -0.201. The van der Waals surface area contributed by atoms with E-state index < -0.39 is 0 Å². The van der Waals surface area contributed by atoms with Gasteiger partial charge in [0.25, 0.3) is 0 Å². The summed E-state index contributed by atoms with van der Waals surface area (Å²) in [5.74, 6) is 3.26. The fourth-order valence-electron chi connectivity index (χ4n) is 8.66. The maximum atomic E-state index is 9.77. The molecule has 0 aromatic carbocycles. The third kappa shape index (κ3) is 15.6. The Morgan fingerprint density at radius 3 is 1.19 bits per heavy atom. The van der Waals surface area contributed by atoms with Gasteiger partial charge in [-0.15, -0.1) is 0 Å². The highest BCUT2D eigenvalue weighted by Gasteiger charge is 2.29. The summed E-state index contributed by atoms with van der Waals surface area (Å²) >= 11 is 0. The van der Waals surface area contributed by atoms with Crippen molar-refractivity contribution in [2.75, 3.05) is 19.8 Å². The lowest BCUT2D eigenvalue weighted by Crippen LogP contribution is -2.32. The molecule has 4 aliphatic rings. The van der Waals surface area contributed by atoms with E-state index in [1.54, 1.807) is 0 Å². The number of hydrogen-bond donors (Lipinski definition) is 2. The summed E-state index contributed by atoms with van der Waals surface area (Å²) in [4.78, 5) is 0. The van der Waals surface area contributed by atoms with Crippen LogP contribution in [0.15, 0.2) is 0 Å². The molecule has 2 N–H and O–H groups in total. The summed E-state index contributed by atoms with van der Waals surface area (Å²) in [7, 11) is 0. The Kier molecular flexibility index (Phi) is 17.8. The molecule has 47 heavy (non-hydrogen) atoms. The molecule has 0 amide bonds. The molecule has 4 saturated carbocycles. The summed E-state index contributed by atoms with van der Waals surface area (Å²) in [5, 5.41) is 19.5. The van der Waals surface area contributed by atoms with Crippen LogP contribution in [0, 0.1) is 23.7 Å². The van der Waals surface area contributed by atoms with E-state index in [9.17, 15) is 10.2 Å². The first kappa shape index (κ1) is 39.5. The van der Waals surface area contributed by atoms with Gasteiger partial charge in [0, 0.05) is 0 Å². The second-order valence-electron chi connectivity index (χ2n) is 16.1. The van der Waals surface area contributed by atoms with Crippen LogP contribution in [0.5, 0.6) is 0 Å². The molecule has 5 unspecified atom stereocenters. The molecule has 0 radical (unpaired) electrons. The smallest absolute Gasteiger partial charge is 0.155 e. The van der Waals surface area contributed by atoms with Gasteiger partial charge in [-0.3, -0.25) is 0 Å². The Morgan fingerprint density at radius 2 is 0.766 bits per heavy atom. The molecule has 5 atom stereocenters. The fraction of sp³-hybridized carbons (Fsp3) is 1.00. The van der Waals surface area contributed by atoms with Gasteiger partial charge in [-0.1, -0.05) is 0 Å². The van der Waals surface area contributed by atoms with Crippen molar-refractivity contribution in [2.45, 2.75) is 206 Å². The summed E-state index contributed by atoms with van der Waals surface area (Å²) in [6.45, 7) is 11.6. The molecule has 0 heterocycles. The zero-order valence-corrected chi connectivity index (χ0v) is 30.7. The van der Waals surface area contributed by atoms with Crippen LogP contribution in [-0.4, -0.2) is 85.3 Å². The molecule has 4 aliphatic carbocycles. The molecule has 4 rings (SSSR count). The van der Waals surface area contributed by atoms with Gasteiger partial charge in [-0.2, -0.15) is 0 Å². The van der Waals surface area contributed by atoms with E-state index in [-0.39, 0.29) is 49.2 Å². The maximum Gasteiger partial charge on any atom is 0.155 e. The minimum Gasteiger partial charge on any atom is -0.393 e. The molecule has 0 bridgehead atoms. The fourth-order valence-corrected chi connectivity index (χ4v) is 8.66. The first-order valence-electron chi connectivity index (χ1n) is 19.8. The summed E-state index contributed by atoms with van der Waals surface area (Å²) in [5.41, 5.74) is 0. The van der Waals surface area contributed by atoms with Gasteiger partial charge in [0.2, 0.25) is 0 Å². The third-order valence-corrected chi connectivity index (χ3v) is 11.5. The van der Waals surface area contributed by atoms with Crippen LogP contribution < -0.4 is 0 Å². The number of rotatable bonds is 19. The van der Waals surface area contributed by atoms with Gasteiger partial charge < -0.3 is 38.6 Å². The average molecular weight is 669 g/mol. The van der Waals surface area contributed by atoms with Crippen LogP contribution in [0.25, 0.3) is 0 Å². The Hall–Kier alpha value is -0.320. The van der Waals surface area contributed by atoms with E-state index in [4.69, 9.17) is 28.4 Å². The molecule has 0 aliphatic heterocycles. The second kappa shape index (κ2) is 21.1. The summed E-state index contributed by atoms with van der Waals surface area (Å²) in [6, 6.07) is 0. The molecule has 276 valence electrons. The van der Waals surface area contributed by atoms with Crippen LogP contribution in [0.4, 0.5) is 0 Å². The Labute approximate surface area is 287 Å². The van der Waals surface area contributed by atoms with E-state index in [2.05, 4.69) is 0 Å². The molecular formula is C39H72O8. The lowest BCUT2D eigenvalue weighted by atomic mass is 9.76. The molecule has 8 nitrogen and oxygen atoms in total. The van der Waals surface area contributed by atoms with E-state index in [0.29, 0.717) is 25.9 Å². The van der Waals surface area contributed by atoms with Crippen LogP contribution >= 0.6 is 0 Å². The Morgan fingerprint density at radius 1 is 0.426 bits per heavy atom. The summed E-state index contributed by atoms with van der Waals surface area (Å²) in [6.07, 6.45) is 20.8. The van der Waals surface area contributed by atoms with Gasteiger partial charge in [-0.25, -0.2) is 0 Å². The van der Waals surface area contributed by atoms with Crippen molar-refractivity contribution >= 4 is 0 Å². The number of ether oxygens (including phenoxy) is 6. The standard InChI is InChI=1S/C39H72O8/c1-27(43-26-29(3)45-31(5)47-39-20-12-35(13-21-39)23-33-8-16-37(41)17-9-33)24-42-28(2)25-44-30(4)46-38-18-10-34(11-19-38)22-32-6-14-36(40)15-7-32/h27-41H,6-26H2,1-5H3. The van der Waals surface area contributed by atoms with Gasteiger partial charge >= 0.3 is 0 Å². The highest BCUT2D eigenvalue weighted by Crippen LogP contribution is 2.37. The van der Waals surface area contributed by atoms with Crippen LogP contribution in [0.3, 0.4) is 0 Å². The SMILES string of the molecule is CC(COC(C)COC(C)OC1CCC(CC2CCC(O)CC2)CC1)OCC(C)OC(C)OC1CCC(CC2CCC(O)CC2)CC1. The molecule has 0 saturated heterocycles. The second-order valence-corrected chi connectivity index (χ2v) is 16.1. The minimum absolute atomic E-state index is 0.0371. The monoisotopic (exact) mass is 669 g/mol. The highest BCUT2D eigenvalue weighted by atomic mass is 16.7. The molecule has 4 fully saturated rings. The first-order valence-corrected chi connectivity index (χ1v) is 19.8. The number of aliphatic hydroxyl groups is 2. The van der Waals surface area contributed by atoms with Gasteiger partial charge in [0.15, 0.2) is 12.6 Å². The van der Waals surface area contributed by atoms with Crippen LogP contribution in [0.1, 0.15) is 150 Å². The number of aliphatic hydroxyl groups excluding tert-OH is 2. The van der Waals surface area contributed by atoms with E-state index in [1.165, 1.54) is 64.2 Å². The highest BCUT2D eigenvalue weighted by molar-refractivity contribution is 4.80. The molecule has 8 heteroatoms. The Bertz CT molecular complexity index is 797. The van der Waals surface area contributed by atoms with Gasteiger partial charge in [-0.05, 0) is 174 Å². The molecular weight excluding hydrogens is 596 g/mol. The van der Waals surface area contributed by atoms with E-state index in [0.717, 1.165) is 75.0 Å². The largest absolute Gasteiger partial charge is 0.393 e. The van der Waals surface area contributed by atoms with Crippen LogP contribution in [-0.2, 0) is 28.4 Å². The normalized spacial score (nSPS) is 35.6. The van der Waals surface area contributed by atoms with E-state index >= 15 is 0 Å². The van der Waals surface area contributed by atoms with Crippen molar-refractivity contribution in [3.8, 4) is 0 Å². The minimum atomic E-state index is -0.240. The quantitative estimate of drug-likeness (QED) is 0.134.